The summed E-state index contributed by atoms with van der Waals surface area (Å²) in [6, 6.07) is 18.1. The molecule has 1 nitrogen and oxygen atoms in total. The predicted octanol–water partition coefficient (Wildman–Crippen LogP) is 8.10. The number of nitrogens with zero attached hydrogens (tertiary/aromatic N) is 1. The van der Waals surface area contributed by atoms with Crippen molar-refractivity contribution in [2.75, 3.05) is 0 Å². The van der Waals surface area contributed by atoms with Crippen LogP contribution in [-0.2, 0) is 24.1 Å². The number of aryl methyl sites for hydroxylation is 1. The van der Waals surface area contributed by atoms with Gasteiger partial charge < -0.3 is 18.5 Å². The molecule has 1 aromatic heterocycles. The van der Waals surface area contributed by atoms with E-state index in [1.807, 2.05) is 0 Å². The van der Waals surface area contributed by atoms with Gasteiger partial charge in [-0.15, -0.1) is 0 Å². The van der Waals surface area contributed by atoms with Crippen LogP contribution in [0.25, 0.3) is 22.2 Å². The molecular weight excluding hydrogens is 449 g/mol. The molecule has 0 bridgehead atoms. The first-order valence-corrected chi connectivity index (χ1v) is 17.4. The molecule has 5 rings (SSSR count). The molecule has 5 heteroatoms. The number of rotatable bonds is 1. The van der Waals surface area contributed by atoms with Crippen LogP contribution in [0.4, 0.5) is 0 Å². The Morgan fingerprint density at radius 1 is 1.00 bits per heavy atom. The van der Waals surface area contributed by atoms with E-state index in [1.54, 1.807) is 11.1 Å². The van der Waals surface area contributed by atoms with Crippen molar-refractivity contribution < 1.29 is 17.0 Å². The Balaban J connectivity index is 0.000000568. The van der Waals surface area contributed by atoms with Crippen LogP contribution in [0.2, 0.25) is 18.6 Å². The van der Waals surface area contributed by atoms with Crippen LogP contribution >= 0.6 is 18.6 Å². The molecule has 0 aliphatic heterocycles. The van der Waals surface area contributed by atoms with Gasteiger partial charge in [0.25, 0.3) is 0 Å². The van der Waals surface area contributed by atoms with Crippen molar-refractivity contribution >= 4 is 37.6 Å². The molecule has 29 heavy (non-hydrogen) atoms. The molecule has 3 unspecified atom stereocenters. The predicted molar refractivity (Wildman–Crippen MR) is 128 cm³/mol. The van der Waals surface area contributed by atoms with Gasteiger partial charge >= 0.3 is 35.6 Å². The maximum atomic E-state index is 4.89. The van der Waals surface area contributed by atoms with E-state index in [-0.39, 0.29) is 7.43 Å². The van der Waals surface area contributed by atoms with Gasteiger partial charge in [0.15, 0.2) is 0 Å². The second-order valence-corrected chi connectivity index (χ2v) is 16.2. The Hall–Kier alpha value is -0.509. The number of benzene rings is 2. The Morgan fingerprint density at radius 2 is 1.59 bits per heavy atom. The van der Waals surface area contributed by atoms with Crippen LogP contribution in [0.15, 0.2) is 48.5 Å². The number of para-hydroxylation sites is 1. The van der Waals surface area contributed by atoms with E-state index in [0.29, 0.717) is 11.8 Å². The van der Waals surface area contributed by atoms with Crippen molar-refractivity contribution in [2.45, 2.75) is 43.3 Å². The zero-order valence-corrected chi connectivity index (χ0v) is 21.7. The van der Waals surface area contributed by atoms with E-state index < -0.39 is 25.1 Å². The first-order chi connectivity index (χ1) is 13.4. The zero-order chi connectivity index (χ0) is 20.1. The molecule has 0 spiro atoms. The van der Waals surface area contributed by atoms with Crippen LogP contribution in [0.5, 0.6) is 0 Å². The molecule has 0 saturated heterocycles. The number of hydrogen-bond acceptors (Lipinski definition) is 0. The minimum absolute atomic E-state index is 0. The molecule has 1 heterocycles. The van der Waals surface area contributed by atoms with Crippen molar-refractivity contribution in [1.29, 1.82) is 0 Å². The van der Waals surface area contributed by atoms with Crippen molar-refractivity contribution in [3.05, 3.63) is 73.6 Å². The minimum atomic E-state index is -1.37. The number of hydrogen-bond donors (Lipinski definition) is 0. The number of aromatic nitrogens is 1. The summed E-state index contributed by atoms with van der Waals surface area (Å²) in [5.41, 5.74) is 8.30. The van der Waals surface area contributed by atoms with Crippen LogP contribution in [0, 0.1) is 14.0 Å². The fourth-order valence-electron chi connectivity index (χ4n) is 5.50. The quantitative estimate of drug-likeness (QED) is 0.246. The van der Waals surface area contributed by atoms with E-state index in [1.165, 1.54) is 35.0 Å². The molecule has 154 valence electrons. The van der Waals surface area contributed by atoms with Gasteiger partial charge in [-0.2, -0.15) is 0 Å². The summed E-state index contributed by atoms with van der Waals surface area (Å²) in [4.78, 5) is 0. The average Bonchev–Trinajstić information content (AvgIpc) is 3.23. The molecule has 1 saturated carbocycles. The molecule has 2 aromatic carbocycles. The van der Waals surface area contributed by atoms with E-state index in [2.05, 4.69) is 79.8 Å². The normalized spacial score (nSPS) is 21.9. The van der Waals surface area contributed by atoms with Crippen molar-refractivity contribution in [1.82, 2.24) is 4.57 Å². The van der Waals surface area contributed by atoms with E-state index in [9.17, 15) is 0 Å². The molecule has 1 fully saturated rings. The van der Waals surface area contributed by atoms with Gasteiger partial charge in [-0.1, -0.05) is 69.2 Å². The molecule has 0 N–H and O–H groups in total. The van der Waals surface area contributed by atoms with Crippen molar-refractivity contribution in [3.8, 4) is 11.3 Å². The summed E-state index contributed by atoms with van der Waals surface area (Å²) in [6.45, 7) is 9.52. The van der Waals surface area contributed by atoms with E-state index in [4.69, 9.17) is 18.6 Å². The van der Waals surface area contributed by atoms with Gasteiger partial charge in [-0.25, -0.2) is 0 Å². The van der Waals surface area contributed by atoms with Crippen LogP contribution in [-0.4, -0.2) is 12.6 Å². The average molecular weight is 478 g/mol. The zero-order valence-electron chi connectivity index (χ0n) is 17.7. The SMILES string of the molecule is [CH2-][Si](C)(C)C1CC2c3ccccc3-c3c(c4ccccc4n3C)C2C1.[CH3-].[Cl][Ti][Cl]. The Kier molecular flexibility index (Phi) is 7.13. The third-order valence-electron chi connectivity index (χ3n) is 6.80. The van der Waals surface area contributed by atoms with Gasteiger partial charge in [-0.05, 0) is 41.9 Å². The Bertz CT molecular complexity index is 1010. The number of fused-ring (bicyclic) bond motifs is 8. The van der Waals surface area contributed by atoms with Crippen molar-refractivity contribution in [3.63, 3.8) is 0 Å². The second-order valence-electron chi connectivity index (χ2n) is 8.87. The standard InChI is InChI=1S/C23H26NSi.CH3.2ClH.Ti/c1-24-21-12-8-7-11-18(21)22-20-14-15(25(2,3)4)13-19(20)16-9-5-6-10-17(16)23(22)24;;;;/h5-12,15,19-20H,2,13-14H2,1,3-4H3;1H3;2*1H;/q2*-1;;;+2/p-2. The maximum absolute atomic E-state index is 4.89. The molecule has 0 amide bonds. The van der Waals surface area contributed by atoms with E-state index in [0.717, 1.165) is 5.54 Å². The summed E-state index contributed by atoms with van der Waals surface area (Å²) in [6.07, 6.45) is 2.65. The topological polar surface area (TPSA) is 4.93 Å². The second kappa shape index (κ2) is 8.93. The van der Waals surface area contributed by atoms with Gasteiger partial charge in [0.05, 0.1) is 5.69 Å². The van der Waals surface area contributed by atoms with Gasteiger partial charge in [0.1, 0.15) is 0 Å². The third kappa shape index (κ3) is 3.92. The third-order valence-corrected chi connectivity index (χ3v) is 9.48. The number of halogens is 2. The Labute approximate surface area is 193 Å². The summed E-state index contributed by atoms with van der Waals surface area (Å²) < 4.78 is 2.43. The molecule has 0 radical (unpaired) electrons. The van der Waals surface area contributed by atoms with Crippen LogP contribution in [0.1, 0.15) is 35.8 Å². The first kappa shape index (κ1) is 23.2. The Morgan fingerprint density at radius 3 is 2.28 bits per heavy atom. The van der Waals surface area contributed by atoms with Crippen LogP contribution in [0.3, 0.4) is 0 Å². The van der Waals surface area contributed by atoms with Gasteiger partial charge in [0, 0.05) is 23.5 Å². The summed E-state index contributed by atoms with van der Waals surface area (Å²) >= 11 is -0.556. The molecule has 3 atom stereocenters. The summed E-state index contributed by atoms with van der Waals surface area (Å²) in [7, 11) is 10.6. The monoisotopic (exact) mass is 477 g/mol. The molecule has 3 aromatic rings. The fourth-order valence-corrected chi connectivity index (χ4v) is 7.28. The fraction of sp³-hybridized carbons (Fsp3) is 0.333. The van der Waals surface area contributed by atoms with Gasteiger partial charge in [0.2, 0.25) is 0 Å². The van der Waals surface area contributed by atoms with E-state index >= 15 is 0 Å². The summed E-state index contributed by atoms with van der Waals surface area (Å²) in [5, 5.41) is 1.47. The summed E-state index contributed by atoms with van der Waals surface area (Å²) in [5.74, 6) is 1.34. The first-order valence-electron chi connectivity index (χ1n) is 9.86. The van der Waals surface area contributed by atoms with Crippen LogP contribution < -0.4 is 0 Å². The molecular formula is C24H29Cl2NSiTi-2. The molecule has 2 aliphatic carbocycles. The van der Waals surface area contributed by atoms with Gasteiger partial charge in [-0.3, -0.25) is 0 Å². The molecule has 2 aliphatic rings. The van der Waals surface area contributed by atoms with Crippen molar-refractivity contribution in [2.24, 2.45) is 7.05 Å².